The Morgan fingerprint density at radius 1 is 1.05 bits per heavy atom. The number of nitrogens with one attached hydrogen (secondary N) is 1. The van der Waals surface area contributed by atoms with Gasteiger partial charge in [0.25, 0.3) is 0 Å². The largest absolute Gasteiger partial charge is 0.362 e. The van der Waals surface area contributed by atoms with Gasteiger partial charge in [-0.3, -0.25) is 4.90 Å². The maximum absolute atomic E-state index is 16.2. The number of allylic oxidation sites excluding steroid dienone is 2. The summed E-state index contributed by atoms with van der Waals surface area (Å²) in [6.07, 6.45) is 4.56. The van der Waals surface area contributed by atoms with Gasteiger partial charge in [0.1, 0.15) is 0 Å². The molecule has 2 aromatic heterocycles. The number of nitrogens with zero attached hydrogens (tertiary/aromatic N) is 3. The third kappa shape index (κ3) is 3.24. The van der Waals surface area contributed by atoms with Gasteiger partial charge in [-0.2, -0.15) is 5.10 Å². The van der Waals surface area contributed by atoms with E-state index in [2.05, 4.69) is 60.5 Å². The zero-order valence-corrected chi connectivity index (χ0v) is 24.3. The van der Waals surface area contributed by atoms with E-state index in [4.69, 9.17) is 28.3 Å². The molecule has 2 aliphatic heterocycles. The first kappa shape index (κ1) is 25.1. The van der Waals surface area contributed by atoms with Crippen LogP contribution in [0, 0.1) is 0 Å². The molecule has 0 saturated carbocycles. The fraction of sp³-hybridized carbons (Fsp3) is 0.344. The van der Waals surface area contributed by atoms with Crippen LogP contribution < -0.4 is 0 Å². The number of hydrogen-bond donors (Lipinski definition) is 1. The standard InChI is InChI=1S/C32H31Cl2FN4/c1-6-18-8-7-9-21-24-15-31(4,35)28-23(12-13-36-28)32(24,5)29-22-17-38(16-19-10-11-20(33)14-25(19)34)30(2,3)27(22)37-39(29)26(18)21/h7-15,36H,6,16-17H2,1-5H3. The smallest absolute Gasteiger partial charge is 0.166 e. The molecular formula is C32H31Cl2FN4. The average Bonchev–Trinajstić information content (AvgIpc) is 3.59. The van der Waals surface area contributed by atoms with Crippen LogP contribution >= 0.6 is 23.2 Å². The van der Waals surface area contributed by atoms with Gasteiger partial charge in [0.15, 0.2) is 5.67 Å². The van der Waals surface area contributed by atoms with Crippen molar-refractivity contribution in [1.29, 1.82) is 0 Å². The van der Waals surface area contributed by atoms with Crippen LogP contribution in [0.25, 0.3) is 11.3 Å². The predicted octanol–water partition coefficient (Wildman–Crippen LogP) is 8.22. The molecular weight excluding hydrogens is 530 g/mol. The summed E-state index contributed by atoms with van der Waals surface area (Å²) >= 11 is 12.8. The lowest BCUT2D eigenvalue weighted by atomic mass is 9.62. The summed E-state index contributed by atoms with van der Waals surface area (Å²) in [4.78, 5) is 5.65. The van der Waals surface area contributed by atoms with Crippen molar-refractivity contribution in [3.63, 3.8) is 0 Å². The normalized spacial score (nSPS) is 24.5. The lowest BCUT2D eigenvalue weighted by Gasteiger charge is -2.44. The predicted molar refractivity (Wildman–Crippen MR) is 155 cm³/mol. The number of aromatic amines is 1. The molecule has 4 heterocycles. The molecule has 1 aliphatic carbocycles. The molecule has 200 valence electrons. The summed E-state index contributed by atoms with van der Waals surface area (Å²) in [6.45, 7) is 11.9. The number of hydrogen-bond acceptors (Lipinski definition) is 2. The van der Waals surface area contributed by atoms with Gasteiger partial charge in [0.2, 0.25) is 0 Å². The van der Waals surface area contributed by atoms with Crippen LogP contribution in [-0.4, -0.2) is 19.7 Å². The number of aromatic nitrogens is 3. The second-order valence-corrected chi connectivity index (χ2v) is 12.8. The minimum atomic E-state index is -1.60. The molecule has 2 aromatic carbocycles. The summed E-state index contributed by atoms with van der Waals surface area (Å²) in [5.41, 5.74) is 7.88. The Bertz CT molecular complexity index is 1710. The van der Waals surface area contributed by atoms with Gasteiger partial charge in [-0.15, -0.1) is 0 Å². The fourth-order valence-electron chi connectivity index (χ4n) is 7.18. The monoisotopic (exact) mass is 560 g/mol. The summed E-state index contributed by atoms with van der Waals surface area (Å²) in [5.74, 6) is 0. The van der Waals surface area contributed by atoms with E-state index in [1.807, 2.05) is 30.5 Å². The number of H-pyrrole nitrogens is 1. The quantitative estimate of drug-likeness (QED) is 0.274. The number of halogens is 3. The van der Waals surface area contributed by atoms with Crippen molar-refractivity contribution in [2.45, 2.75) is 70.8 Å². The van der Waals surface area contributed by atoms with E-state index >= 15 is 4.39 Å². The molecule has 3 aliphatic rings. The SMILES string of the molecule is CCc1cccc2c1-n1nc3c(c1C1(C)C2=CC(C)(F)c2[nH]ccc21)CN(Cc1ccc(Cl)cc1Cl)C3(C)C. The Morgan fingerprint density at radius 3 is 2.59 bits per heavy atom. The lowest BCUT2D eigenvalue weighted by Crippen LogP contribution is -2.41. The van der Waals surface area contributed by atoms with Gasteiger partial charge in [0, 0.05) is 40.5 Å². The maximum Gasteiger partial charge on any atom is 0.166 e. The Kier molecular flexibility index (Phi) is 5.21. The molecule has 4 aromatic rings. The molecule has 2 atom stereocenters. The van der Waals surface area contributed by atoms with Gasteiger partial charge in [0.05, 0.1) is 33.7 Å². The van der Waals surface area contributed by atoms with E-state index in [1.54, 1.807) is 13.0 Å². The highest BCUT2D eigenvalue weighted by Crippen LogP contribution is 2.59. The van der Waals surface area contributed by atoms with Gasteiger partial charge >= 0.3 is 0 Å². The zero-order chi connectivity index (χ0) is 27.5. The minimum Gasteiger partial charge on any atom is -0.362 e. The fourth-order valence-corrected chi connectivity index (χ4v) is 7.65. The number of aryl methyl sites for hydroxylation is 1. The molecule has 2 unspecified atom stereocenters. The number of benzene rings is 2. The van der Waals surface area contributed by atoms with Crippen LogP contribution in [-0.2, 0) is 36.1 Å². The van der Waals surface area contributed by atoms with E-state index < -0.39 is 11.1 Å². The van der Waals surface area contributed by atoms with Crippen molar-refractivity contribution in [2.75, 3.05) is 0 Å². The van der Waals surface area contributed by atoms with Crippen molar-refractivity contribution in [1.82, 2.24) is 19.7 Å². The van der Waals surface area contributed by atoms with Gasteiger partial charge in [-0.1, -0.05) is 54.4 Å². The highest BCUT2D eigenvalue weighted by atomic mass is 35.5. The number of para-hydroxylation sites is 1. The van der Waals surface area contributed by atoms with Gasteiger partial charge < -0.3 is 4.98 Å². The summed E-state index contributed by atoms with van der Waals surface area (Å²) < 4.78 is 18.4. The Labute approximate surface area is 238 Å². The van der Waals surface area contributed by atoms with Gasteiger partial charge in [-0.25, -0.2) is 9.07 Å². The second-order valence-electron chi connectivity index (χ2n) is 11.9. The Hall–Kier alpha value is -2.86. The number of rotatable bonds is 3. The lowest BCUT2D eigenvalue weighted by molar-refractivity contribution is 0.122. The summed E-state index contributed by atoms with van der Waals surface area (Å²) in [6, 6.07) is 14.1. The Balaban J connectivity index is 1.48. The van der Waals surface area contributed by atoms with Crippen LogP contribution in [0.4, 0.5) is 4.39 Å². The van der Waals surface area contributed by atoms with Crippen LogP contribution in [0.2, 0.25) is 10.0 Å². The molecule has 0 amide bonds. The number of fused-ring (bicyclic) bond motifs is 10. The maximum atomic E-state index is 16.2. The van der Waals surface area contributed by atoms with E-state index in [9.17, 15) is 0 Å². The van der Waals surface area contributed by atoms with Crippen LogP contribution in [0.1, 0.15) is 79.5 Å². The van der Waals surface area contributed by atoms with Crippen LogP contribution in [0.3, 0.4) is 0 Å². The van der Waals surface area contributed by atoms with E-state index in [0.717, 1.165) is 52.3 Å². The van der Waals surface area contributed by atoms with Crippen molar-refractivity contribution < 1.29 is 4.39 Å². The second kappa shape index (κ2) is 8.09. The summed E-state index contributed by atoms with van der Waals surface area (Å²) in [7, 11) is 0. The molecule has 1 N–H and O–H groups in total. The topological polar surface area (TPSA) is 36.9 Å². The molecule has 7 heteroatoms. The molecule has 0 radical (unpaired) electrons. The first-order valence-electron chi connectivity index (χ1n) is 13.5. The van der Waals surface area contributed by atoms with Crippen molar-refractivity contribution in [2.24, 2.45) is 0 Å². The third-order valence-corrected chi connectivity index (χ3v) is 9.87. The van der Waals surface area contributed by atoms with E-state index in [1.165, 1.54) is 11.1 Å². The number of alkyl halides is 1. The molecule has 0 saturated heterocycles. The first-order valence-corrected chi connectivity index (χ1v) is 14.3. The molecule has 0 spiro atoms. The van der Waals surface area contributed by atoms with Crippen molar-refractivity contribution in [3.8, 4) is 5.69 Å². The first-order chi connectivity index (χ1) is 18.5. The average molecular weight is 562 g/mol. The summed E-state index contributed by atoms with van der Waals surface area (Å²) in [5, 5.41) is 6.68. The molecule has 39 heavy (non-hydrogen) atoms. The van der Waals surface area contributed by atoms with Crippen molar-refractivity contribution in [3.05, 3.63) is 110 Å². The molecule has 0 bridgehead atoms. The van der Waals surface area contributed by atoms with Crippen LogP contribution in [0.15, 0.2) is 54.7 Å². The zero-order valence-electron chi connectivity index (χ0n) is 22.8. The molecule has 0 fully saturated rings. The highest BCUT2D eigenvalue weighted by molar-refractivity contribution is 6.35. The van der Waals surface area contributed by atoms with E-state index in [-0.39, 0.29) is 5.54 Å². The molecule has 7 rings (SSSR count). The van der Waals surface area contributed by atoms with Crippen LogP contribution in [0.5, 0.6) is 0 Å². The van der Waals surface area contributed by atoms with Crippen molar-refractivity contribution >= 4 is 28.8 Å². The minimum absolute atomic E-state index is 0.339. The van der Waals surface area contributed by atoms with Gasteiger partial charge in [-0.05, 0) is 80.7 Å². The molecule has 4 nitrogen and oxygen atoms in total. The Morgan fingerprint density at radius 2 is 1.85 bits per heavy atom. The van der Waals surface area contributed by atoms with E-state index in [0.29, 0.717) is 22.3 Å². The highest BCUT2D eigenvalue weighted by Gasteiger charge is 2.54. The third-order valence-electron chi connectivity index (χ3n) is 9.28.